The lowest BCUT2D eigenvalue weighted by Gasteiger charge is -2.33. The van der Waals surface area contributed by atoms with Crippen LogP contribution in [0.3, 0.4) is 0 Å². The zero-order valence-electron chi connectivity index (χ0n) is 10.8. The van der Waals surface area contributed by atoms with E-state index < -0.39 is 0 Å². The molecule has 98 valence electrons. The number of piperidine rings is 1. The van der Waals surface area contributed by atoms with Gasteiger partial charge in [-0.3, -0.25) is 4.79 Å². The van der Waals surface area contributed by atoms with Gasteiger partial charge in [0.25, 0.3) is 0 Å². The van der Waals surface area contributed by atoms with E-state index in [1.54, 1.807) is 7.11 Å². The van der Waals surface area contributed by atoms with Crippen LogP contribution in [0.15, 0.2) is 30.3 Å². The van der Waals surface area contributed by atoms with Gasteiger partial charge in [0.15, 0.2) is 0 Å². The number of amides is 1. The minimum Gasteiger partial charge on any atom is -0.381 e. The lowest BCUT2D eigenvalue weighted by Crippen LogP contribution is -2.46. The highest BCUT2D eigenvalue weighted by Gasteiger charge is 2.23. The summed E-state index contributed by atoms with van der Waals surface area (Å²) in [6, 6.07) is 10.5. The number of ether oxygens (including phenoxy) is 1. The third kappa shape index (κ3) is 3.47. The Kier molecular flexibility index (Phi) is 4.59. The number of hydrogen-bond acceptors (Lipinski definition) is 3. The van der Waals surface area contributed by atoms with Crippen molar-refractivity contribution in [2.24, 2.45) is 0 Å². The number of benzene rings is 1. The Bertz CT molecular complexity index is 381. The molecule has 1 aromatic carbocycles. The molecule has 0 radical (unpaired) electrons. The van der Waals surface area contributed by atoms with Crippen LogP contribution in [0, 0.1) is 0 Å². The molecule has 1 heterocycles. The number of carbonyl (C=O) groups is 1. The Morgan fingerprint density at radius 3 is 2.94 bits per heavy atom. The van der Waals surface area contributed by atoms with E-state index in [2.05, 4.69) is 17.4 Å². The minimum atomic E-state index is 0.0806. The van der Waals surface area contributed by atoms with Gasteiger partial charge in [0.1, 0.15) is 6.61 Å². The van der Waals surface area contributed by atoms with Gasteiger partial charge in [-0.1, -0.05) is 18.2 Å². The molecule has 0 aliphatic carbocycles. The van der Waals surface area contributed by atoms with Gasteiger partial charge in [-0.25, -0.2) is 0 Å². The number of nitrogens with one attached hydrogen (secondary N) is 1. The van der Waals surface area contributed by atoms with Crippen LogP contribution in [0.4, 0.5) is 5.69 Å². The molecular formula is C14H20N2O2. The molecule has 1 N–H and O–H groups in total. The van der Waals surface area contributed by atoms with E-state index in [1.165, 1.54) is 0 Å². The number of para-hydroxylation sites is 1. The second-order valence-electron chi connectivity index (χ2n) is 4.62. The number of rotatable bonds is 4. The molecule has 1 atom stereocenters. The monoisotopic (exact) mass is 248 g/mol. The SMILES string of the molecule is COCC(=O)N1CCCC(Nc2ccccc2)C1. The molecule has 1 unspecified atom stereocenters. The number of nitrogens with zero attached hydrogens (tertiary/aromatic N) is 1. The summed E-state index contributed by atoms with van der Waals surface area (Å²) in [6.07, 6.45) is 2.14. The Balaban J connectivity index is 1.89. The van der Waals surface area contributed by atoms with E-state index in [0.717, 1.165) is 31.6 Å². The Morgan fingerprint density at radius 1 is 1.44 bits per heavy atom. The summed E-state index contributed by atoms with van der Waals surface area (Å²) in [4.78, 5) is 13.7. The van der Waals surface area contributed by atoms with Gasteiger partial charge < -0.3 is 15.0 Å². The second-order valence-corrected chi connectivity index (χ2v) is 4.62. The maximum Gasteiger partial charge on any atom is 0.248 e. The van der Waals surface area contributed by atoms with Crippen LogP contribution >= 0.6 is 0 Å². The number of hydrogen-bond donors (Lipinski definition) is 1. The van der Waals surface area contributed by atoms with Crippen molar-refractivity contribution in [3.05, 3.63) is 30.3 Å². The zero-order chi connectivity index (χ0) is 12.8. The molecule has 2 rings (SSSR count). The normalized spacial score (nSPS) is 19.6. The van der Waals surface area contributed by atoms with Gasteiger partial charge in [-0.2, -0.15) is 0 Å². The third-order valence-corrected chi connectivity index (χ3v) is 3.19. The first-order valence-corrected chi connectivity index (χ1v) is 6.38. The lowest BCUT2D eigenvalue weighted by atomic mass is 10.1. The predicted molar refractivity (Wildman–Crippen MR) is 71.5 cm³/mol. The zero-order valence-corrected chi connectivity index (χ0v) is 10.8. The van der Waals surface area contributed by atoms with Crippen LogP contribution in [0.5, 0.6) is 0 Å². The molecule has 18 heavy (non-hydrogen) atoms. The van der Waals surface area contributed by atoms with E-state index >= 15 is 0 Å². The average molecular weight is 248 g/mol. The summed E-state index contributed by atoms with van der Waals surface area (Å²) in [5, 5.41) is 3.47. The second kappa shape index (κ2) is 6.40. The Hall–Kier alpha value is -1.55. The van der Waals surface area contributed by atoms with Crippen molar-refractivity contribution in [1.29, 1.82) is 0 Å². The van der Waals surface area contributed by atoms with Gasteiger partial charge in [0.2, 0.25) is 5.91 Å². The molecule has 0 spiro atoms. The smallest absolute Gasteiger partial charge is 0.248 e. The van der Waals surface area contributed by atoms with Crippen molar-refractivity contribution in [2.75, 3.05) is 32.1 Å². The summed E-state index contributed by atoms with van der Waals surface area (Å²) in [6.45, 7) is 1.78. The highest BCUT2D eigenvalue weighted by molar-refractivity contribution is 5.77. The van der Waals surface area contributed by atoms with Crippen molar-refractivity contribution in [3.8, 4) is 0 Å². The molecule has 1 aromatic rings. The van der Waals surface area contributed by atoms with Gasteiger partial charge in [0.05, 0.1) is 0 Å². The van der Waals surface area contributed by atoms with E-state index in [9.17, 15) is 4.79 Å². The fraction of sp³-hybridized carbons (Fsp3) is 0.500. The average Bonchev–Trinajstić information content (AvgIpc) is 2.40. The fourth-order valence-electron chi connectivity index (χ4n) is 2.31. The van der Waals surface area contributed by atoms with E-state index in [4.69, 9.17) is 4.74 Å². The van der Waals surface area contributed by atoms with Crippen LogP contribution in [-0.2, 0) is 9.53 Å². The van der Waals surface area contributed by atoms with Crippen LogP contribution < -0.4 is 5.32 Å². The van der Waals surface area contributed by atoms with Gasteiger partial charge in [-0.15, -0.1) is 0 Å². The third-order valence-electron chi connectivity index (χ3n) is 3.19. The lowest BCUT2D eigenvalue weighted by molar-refractivity contribution is -0.136. The summed E-state index contributed by atoms with van der Waals surface area (Å²) in [5.74, 6) is 0.0806. The van der Waals surface area contributed by atoms with E-state index in [-0.39, 0.29) is 12.5 Å². The molecule has 0 bridgehead atoms. The van der Waals surface area contributed by atoms with Crippen molar-refractivity contribution in [2.45, 2.75) is 18.9 Å². The first-order valence-electron chi connectivity index (χ1n) is 6.38. The highest BCUT2D eigenvalue weighted by Crippen LogP contribution is 2.15. The molecule has 1 aliphatic rings. The summed E-state index contributed by atoms with van der Waals surface area (Å²) in [5.41, 5.74) is 1.11. The van der Waals surface area contributed by atoms with E-state index in [1.807, 2.05) is 23.1 Å². The summed E-state index contributed by atoms with van der Waals surface area (Å²) >= 11 is 0. The number of likely N-dealkylation sites (tertiary alicyclic amines) is 1. The quantitative estimate of drug-likeness (QED) is 0.882. The minimum absolute atomic E-state index is 0.0806. The fourth-order valence-corrected chi connectivity index (χ4v) is 2.31. The Labute approximate surface area is 108 Å². The molecular weight excluding hydrogens is 228 g/mol. The van der Waals surface area contributed by atoms with Crippen LogP contribution in [0.2, 0.25) is 0 Å². The maximum absolute atomic E-state index is 11.8. The predicted octanol–water partition coefficient (Wildman–Crippen LogP) is 1.74. The largest absolute Gasteiger partial charge is 0.381 e. The number of methoxy groups -OCH3 is 1. The number of anilines is 1. The molecule has 1 amide bonds. The van der Waals surface area contributed by atoms with Gasteiger partial charge in [-0.05, 0) is 25.0 Å². The molecule has 1 fully saturated rings. The Morgan fingerprint density at radius 2 is 2.22 bits per heavy atom. The van der Waals surface area contributed by atoms with Crippen LogP contribution in [0.25, 0.3) is 0 Å². The number of carbonyl (C=O) groups excluding carboxylic acids is 1. The molecule has 1 aliphatic heterocycles. The van der Waals surface area contributed by atoms with E-state index in [0.29, 0.717) is 6.04 Å². The standard InChI is InChI=1S/C14H20N2O2/c1-18-11-14(17)16-9-5-8-13(10-16)15-12-6-3-2-4-7-12/h2-4,6-7,13,15H,5,8-11H2,1H3. The van der Waals surface area contributed by atoms with Crippen molar-refractivity contribution >= 4 is 11.6 Å². The molecule has 1 saturated heterocycles. The molecule has 0 saturated carbocycles. The van der Waals surface area contributed by atoms with Crippen LogP contribution in [-0.4, -0.2) is 43.7 Å². The summed E-state index contributed by atoms with van der Waals surface area (Å²) < 4.78 is 4.90. The van der Waals surface area contributed by atoms with Crippen LogP contribution in [0.1, 0.15) is 12.8 Å². The summed E-state index contributed by atoms with van der Waals surface area (Å²) in [7, 11) is 1.56. The maximum atomic E-state index is 11.8. The highest BCUT2D eigenvalue weighted by atomic mass is 16.5. The van der Waals surface area contributed by atoms with Crippen molar-refractivity contribution in [1.82, 2.24) is 4.90 Å². The molecule has 4 heteroatoms. The molecule has 4 nitrogen and oxygen atoms in total. The van der Waals surface area contributed by atoms with Gasteiger partial charge >= 0.3 is 0 Å². The molecule has 0 aromatic heterocycles. The first-order chi connectivity index (χ1) is 8.79. The first kappa shape index (κ1) is 12.9. The van der Waals surface area contributed by atoms with Crippen molar-refractivity contribution in [3.63, 3.8) is 0 Å². The topological polar surface area (TPSA) is 41.6 Å². The van der Waals surface area contributed by atoms with Gasteiger partial charge in [0, 0.05) is 31.9 Å². The van der Waals surface area contributed by atoms with Crippen molar-refractivity contribution < 1.29 is 9.53 Å².